The molecular weight excluding hydrogens is 435 g/mol. The molecule has 1 aromatic heterocycles. The van der Waals surface area contributed by atoms with Crippen molar-refractivity contribution in [2.45, 2.75) is 17.7 Å². The minimum atomic E-state index is -4.52. The molecule has 2 aromatic carbocycles. The molecule has 4 rings (SSSR count). The predicted molar refractivity (Wildman–Crippen MR) is 106 cm³/mol. The Bertz CT molecular complexity index is 1250. The highest BCUT2D eigenvalue weighted by molar-refractivity contribution is 7.90. The fourth-order valence-electron chi connectivity index (χ4n) is 3.27. The zero-order chi connectivity index (χ0) is 22.4. The first-order valence-corrected chi connectivity index (χ1v) is 10.8. The Morgan fingerprint density at radius 3 is 2.29 bits per heavy atom. The van der Waals surface area contributed by atoms with Gasteiger partial charge >= 0.3 is 6.18 Å². The Morgan fingerprint density at radius 1 is 1.06 bits per heavy atom. The number of anilines is 1. The molecule has 0 saturated carbocycles. The topological polar surface area (TPSA) is 90.3 Å². The van der Waals surface area contributed by atoms with Crippen LogP contribution in [0.4, 0.5) is 19.0 Å². The number of nitrogens with one attached hydrogen (secondary N) is 1. The molecule has 1 aliphatic rings. The molecule has 0 spiro atoms. The number of sulfone groups is 1. The van der Waals surface area contributed by atoms with Crippen molar-refractivity contribution in [3.05, 3.63) is 70.9 Å². The third-order valence-electron chi connectivity index (χ3n) is 4.81. The van der Waals surface area contributed by atoms with Crippen LogP contribution >= 0.6 is 0 Å². The predicted octanol–water partition coefficient (Wildman–Crippen LogP) is 3.58. The number of carbonyl (C=O) groups is 1. The molecule has 7 nitrogen and oxygen atoms in total. The fraction of sp³-hybridized carbons (Fsp3) is 0.200. The molecule has 0 saturated heterocycles. The number of methoxy groups -OCH3 is 1. The van der Waals surface area contributed by atoms with E-state index in [1.807, 2.05) is 0 Å². The van der Waals surface area contributed by atoms with Crippen LogP contribution in [0, 0.1) is 0 Å². The average Bonchev–Trinajstić information content (AvgIpc) is 3.20. The van der Waals surface area contributed by atoms with Gasteiger partial charge in [0.25, 0.3) is 5.91 Å². The highest BCUT2D eigenvalue weighted by Crippen LogP contribution is 2.34. The van der Waals surface area contributed by atoms with Crippen LogP contribution in [0.5, 0.6) is 5.75 Å². The standard InChI is InChI=1S/C20H16F3N3O4S/c1-30-15-8-6-14(7-9-15)26-18(16-10-31(28,29)11-17(16)25-26)24-19(27)12-2-4-13(5-3-12)20(21,22)23/h2-9H,10-11H2,1H3,(H,24,27). The number of rotatable bonds is 4. The molecule has 11 heteroatoms. The summed E-state index contributed by atoms with van der Waals surface area (Å²) in [4.78, 5) is 12.7. The van der Waals surface area contributed by atoms with Gasteiger partial charge in [0.05, 0.1) is 35.6 Å². The van der Waals surface area contributed by atoms with E-state index in [0.29, 0.717) is 22.7 Å². The molecule has 2 heterocycles. The molecule has 1 N–H and O–H groups in total. The third-order valence-corrected chi connectivity index (χ3v) is 6.25. The average molecular weight is 451 g/mol. The Hall–Kier alpha value is -3.34. The number of ether oxygens (including phenoxy) is 1. The van der Waals surface area contributed by atoms with Crippen LogP contribution in [0.2, 0.25) is 0 Å². The Labute approximate surface area is 175 Å². The number of halogens is 3. The summed E-state index contributed by atoms with van der Waals surface area (Å²) in [6.07, 6.45) is -4.52. The summed E-state index contributed by atoms with van der Waals surface area (Å²) in [6, 6.07) is 10.5. The molecule has 0 fully saturated rings. The minimum absolute atomic E-state index is 0.00918. The zero-order valence-corrected chi connectivity index (χ0v) is 16.9. The highest BCUT2D eigenvalue weighted by atomic mass is 32.2. The van der Waals surface area contributed by atoms with Gasteiger partial charge in [-0.05, 0) is 48.5 Å². The second-order valence-corrected chi connectivity index (χ2v) is 9.01. The van der Waals surface area contributed by atoms with Crippen molar-refractivity contribution in [1.29, 1.82) is 0 Å². The number of nitrogens with zero attached hydrogens (tertiary/aromatic N) is 2. The van der Waals surface area contributed by atoms with E-state index in [9.17, 15) is 26.4 Å². The van der Waals surface area contributed by atoms with E-state index < -0.39 is 27.5 Å². The van der Waals surface area contributed by atoms with Crippen LogP contribution in [0.15, 0.2) is 48.5 Å². The first kappa shape index (κ1) is 20.9. The molecule has 0 radical (unpaired) electrons. The van der Waals surface area contributed by atoms with Crippen molar-refractivity contribution in [2.24, 2.45) is 0 Å². The van der Waals surface area contributed by atoms with E-state index in [1.165, 1.54) is 11.8 Å². The normalized spacial score (nSPS) is 14.8. The largest absolute Gasteiger partial charge is 0.497 e. The number of benzene rings is 2. The highest BCUT2D eigenvalue weighted by Gasteiger charge is 2.34. The fourth-order valence-corrected chi connectivity index (χ4v) is 4.77. The number of alkyl halides is 3. The third kappa shape index (κ3) is 4.13. The summed E-state index contributed by atoms with van der Waals surface area (Å²) in [5, 5.41) is 6.95. The van der Waals surface area contributed by atoms with E-state index in [0.717, 1.165) is 24.3 Å². The lowest BCUT2D eigenvalue weighted by molar-refractivity contribution is -0.137. The molecule has 0 bridgehead atoms. The van der Waals surface area contributed by atoms with Crippen molar-refractivity contribution in [3.8, 4) is 11.4 Å². The van der Waals surface area contributed by atoms with Crippen LogP contribution < -0.4 is 10.1 Å². The first-order chi connectivity index (χ1) is 14.6. The molecular formula is C20H16F3N3O4S. The van der Waals surface area contributed by atoms with Crippen molar-refractivity contribution in [2.75, 3.05) is 12.4 Å². The summed E-state index contributed by atoms with van der Waals surface area (Å²) in [5.74, 6) is -0.474. The van der Waals surface area contributed by atoms with Gasteiger partial charge < -0.3 is 10.1 Å². The molecule has 31 heavy (non-hydrogen) atoms. The number of amides is 1. The van der Waals surface area contributed by atoms with E-state index in [1.54, 1.807) is 24.3 Å². The zero-order valence-electron chi connectivity index (χ0n) is 16.1. The Kier molecular flexibility index (Phi) is 5.00. The van der Waals surface area contributed by atoms with Crippen molar-refractivity contribution < 1.29 is 31.1 Å². The van der Waals surface area contributed by atoms with Crippen LogP contribution in [0.3, 0.4) is 0 Å². The van der Waals surface area contributed by atoms with Gasteiger partial charge in [0.1, 0.15) is 11.6 Å². The van der Waals surface area contributed by atoms with Gasteiger partial charge in [0.2, 0.25) is 0 Å². The van der Waals surface area contributed by atoms with Gasteiger partial charge in [-0.15, -0.1) is 0 Å². The van der Waals surface area contributed by atoms with E-state index >= 15 is 0 Å². The Morgan fingerprint density at radius 2 is 1.71 bits per heavy atom. The maximum atomic E-state index is 12.8. The summed E-state index contributed by atoms with van der Waals surface area (Å²) >= 11 is 0. The first-order valence-electron chi connectivity index (χ1n) is 9.01. The molecule has 1 amide bonds. The number of aromatic nitrogens is 2. The van der Waals surface area contributed by atoms with E-state index in [4.69, 9.17) is 4.74 Å². The second kappa shape index (κ2) is 7.41. The van der Waals surface area contributed by atoms with Gasteiger partial charge in [-0.1, -0.05) is 0 Å². The SMILES string of the molecule is COc1ccc(-n2nc3c(c2NC(=O)c2ccc(C(F)(F)F)cc2)CS(=O)(=O)C3)cc1. The van der Waals surface area contributed by atoms with Gasteiger partial charge in [0, 0.05) is 11.1 Å². The molecule has 162 valence electrons. The van der Waals surface area contributed by atoms with Gasteiger partial charge in [-0.3, -0.25) is 4.79 Å². The molecule has 0 aliphatic carbocycles. The summed E-state index contributed by atoms with van der Waals surface area (Å²) in [6.45, 7) is 0. The number of carbonyl (C=O) groups excluding carboxylic acids is 1. The van der Waals surface area contributed by atoms with Crippen LogP contribution in [0.1, 0.15) is 27.2 Å². The lowest BCUT2D eigenvalue weighted by Crippen LogP contribution is -2.17. The quantitative estimate of drug-likeness (QED) is 0.655. The lowest BCUT2D eigenvalue weighted by Gasteiger charge is -2.12. The van der Waals surface area contributed by atoms with Crippen LogP contribution in [-0.2, 0) is 27.5 Å². The van der Waals surface area contributed by atoms with Crippen molar-refractivity contribution in [1.82, 2.24) is 9.78 Å². The summed E-state index contributed by atoms with van der Waals surface area (Å²) in [7, 11) is -1.88. The van der Waals surface area contributed by atoms with Gasteiger partial charge in [-0.2, -0.15) is 18.3 Å². The van der Waals surface area contributed by atoms with Crippen LogP contribution in [-0.4, -0.2) is 31.2 Å². The van der Waals surface area contributed by atoms with Crippen molar-refractivity contribution >= 4 is 21.6 Å². The monoisotopic (exact) mass is 451 g/mol. The number of fused-ring (bicyclic) bond motifs is 1. The molecule has 3 aromatic rings. The van der Waals surface area contributed by atoms with Crippen molar-refractivity contribution in [3.63, 3.8) is 0 Å². The smallest absolute Gasteiger partial charge is 0.416 e. The second-order valence-electron chi connectivity index (χ2n) is 6.95. The van der Waals surface area contributed by atoms with E-state index in [-0.39, 0.29) is 22.9 Å². The molecule has 0 unspecified atom stereocenters. The van der Waals surface area contributed by atoms with E-state index in [2.05, 4.69) is 10.4 Å². The Balaban J connectivity index is 1.70. The van der Waals surface area contributed by atoms with Crippen LogP contribution in [0.25, 0.3) is 5.69 Å². The molecule has 1 aliphatic heterocycles. The van der Waals surface area contributed by atoms with Gasteiger partial charge in [-0.25, -0.2) is 13.1 Å². The molecule has 0 atom stereocenters. The number of hydrogen-bond donors (Lipinski definition) is 1. The minimum Gasteiger partial charge on any atom is -0.497 e. The summed E-state index contributed by atoms with van der Waals surface area (Å²) < 4.78 is 68.9. The maximum absolute atomic E-state index is 12.8. The number of hydrogen-bond acceptors (Lipinski definition) is 5. The maximum Gasteiger partial charge on any atom is 0.416 e. The summed E-state index contributed by atoms with van der Waals surface area (Å²) in [5.41, 5.74) is 0.342. The lowest BCUT2D eigenvalue weighted by atomic mass is 10.1. The van der Waals surface area contributed by atoms with Gasteiger partial charge in [0.15, 0.2) is 9.84 Å².